The Balaban J connectivity index is -0.0000000400. The predicted molar refractivity (Wildman–Crippen MR) is 22.4 cm³/mol. The molecule has 2 N–H and O–H groups in total. The summed E-state index contributed by atoms with van der Waals surface area (Å²) in [5, 5.41) is 13.5. The molecule has 0 aliphatic heterocycles. The van der Waals surface area contributed by atoms with Crippen LogP contribution in [-0.2, 0) is 9.59 Å². The van der Waals surface area contributed by atoms with E-state index in [4.69, 9.17) is 19.8 Å². The second kappa shape index (κ2) is 31.4. The molecule has 0 fully saturated rings. The van der Waals surface area contributed by atoms with Gasteiger partial charge in [-0.3, -0.25) is 0 Å². The molecule has 0 radical (unpaired) electrons. The molecule has 0 amide bonds. The van der Waals surface area contributed by atoms with Crippen molar-refractivity contribution in [3.63, 3.8) is 0 Å². The first kappa shape index (κ1) is 15.6. The second-order valence-electron chi connectivity index (χ2n) is 0.183. The third-order valence-electron chi connectivity index (χ3n) is 0. The van der Waals surface area contributed by atoms with Gasteiger partial charge in [0.05, 0.1) is 0 Å². The van der Waals surface area contributed by atoms with Gasteiger partial charge in [-0.05, 0) is 0 Å². The van der Waals surface area contributed by atoms with Gasteiger partial charge in [-0.2, -0.15) is 0 Å². The molecule has 0 saturated heterocycles. The van der Waals surface area contributed by atoms with Crippen LogP contribution in [0.4, 0.5) is 0 Å². The van der Waals surface area contributed by atoms with Gasteiger partial charge in [0.2, 0.25) is 0 Å². The average Bonchev–Trinajstić information content (AvgIpc) is 1.39. The molecule has 0 unspecified atom stereocenters. The van der Waals surface area contributed by atoms with Gasteiger partial charge in [-0.15, -0.1) is 0 Å². The van der Waals surface area contributed by atoms with E-state index in [-0.39, 0.29) is 48.9 Å². The van der Waals surface area contributed by atoms with E-state index in [1.54, 1.807) is 0 Å². The maximum absolute atomic E-state index is 8.24. The number of rotatable bonds is 0. The Morgan fingerprint density at radius 1 is 1.00 bits per heavy atom. The summed E-state index contributed by atoms with van der Waals surface area (Å²) in [5.74, 6) is 0. The summed E-state index contributed by atoms with van der Waals surface area (Å²) in [4.78, 5) is 16.5. The van der Waals surface area contributed by atoms with Crippen molar-refractivity contribution >= 4 is 61.8 Å². The van der Waals surface area contributed by atoms with Gasteiger partial charge in [0.25, 0.3) is 0 Å². The molecule has 5 heteroatoms. The Kier molecular flexibility index (Phi) is 70.1. The van der Waals surface area contributed by atoms with Crippen molar-refractivity contribution in [2.24, 2.45) is 0 Å². The largest absolute Gasteiger partial charge is 2.00 e. The topological polar surface area (TPSA) is 74.6 Å². The molecular formula is C2H2BaO4. The summed E-state index contributed by atoms with van der Waals surface area (Å²) < 4.78 is 0. The zero-order chi connectivity index (χ0) is 5.41. The number of aliphatic hydroxyl groups excluding tert-OH is 2. The van der Waals surface area contributed by atoms with Gasteiger partial charge in [-0.1, -0.05) is 12.9 Å². The van der Waals surface area contributed by atoms with Gasteiger partial charge in [0, 0.05) is 0 Å². The maximum Gasteiger partial charge on any atom is 2.00 e. The van der Waals surface area contributed by atoms with Crippen LogP contribution in [0, 0.1) is 0 Å². The molecule has 0 saturated carbocycles. The molecule has 0 aromatic rings. The minimum Gasteiger partial charge on any atom is -0.665 e. The van der Waals surface area contributed by atoms with Crippen LogP contribution in [0.25, 0.3) is 0 Å². The van der Waals surface area contributed by atoms with Gasteiger partial charge < -0.3 is 19.8 Å². The standard InChI is InChI=1S/2CHO2.Ba/c2*2-1-3;/h2*(H,2,3);/q2*-1;+2. The Labute approximate surface area is 80.6 Å². The van der Waals surface area contributed by atoms with Crippen molar-refractivity contribution in [1.29, 1.82) is 0 Å². The Hall–Kier alpha value is 0.511. The molecule has 0 aromatic carbocycles. The fourth-order valence-electron chi connectivity index (χ4n) is 0. The fraction of sp³-hybridized carbons (Fsp3) is 0. The molecule has 0 aromatic heterocycles. The first-order chi connectivity index (χ1) is 2.83. The summed E-state index contributed by atoms with van der Waals surface area (Å²) in [6.45, 7) is 1.00. The van der Waals surface area contributed by atoms with E-state index in [0.717, 1.165) is 0 Å². The fourth-order valence-corrected chi connectivity index (χ4v) is 0. The van der Waals surface area contributed by atoms with Crippen LogP contribution in [0.3, 0.4) is 0 Å². The van der Waals surface area contributed by atoms with Crippen LogP contribution < -0.4 is 0 Å². The molecule has 0 aliphatic carbocycles. The third-order valence-corrected chi connectivity index (χ3v) is 0. The van der Waals surface area contributed by atoms with E-state index in [9.17, 15) is 0 Å². The zero-order valence-electron chi connectivity index (χ0n) is 3.42. The average molecular weight is 227 g/mol. The third kappa shape index (κ3) is 507. The van der Waals surface area contributed by atoms with E-state index in [1.165, 1.54) is 0 Å². The quantitative estimate of drug-likeness (QED) is 0.404. The monoisotopic (exact) mass is 228 g/mol. The van der Waals surface area contributed by atoms with Crippen molar-refractivity contribution in [3.8, 4) is 0 Å². The summed E-state index contributed by atoms with van der Waals surface area (Å²) in [6, 6.07) is 0. The first-order valence-electron chi connectivity index (χ1n) is 0.855. The summed E-state index contributed by atoms with van der Waals surface area (Å²) in [6.07, 6.45) is 0. The Bertz CT molecular complexity index is 30.7. The van der Waals surface area contributed by atoms with Crippen LogP contribution in [0.2, 0.25) is 0 Å². The number of hydrogen-bond donors (Lipinski definition) is 2. The van der Waals surface area contributed by atoms with E-state index in [1.807, 2.05) is 0 Å². The number of hydrogen-bond acceptors (Lipinski definition) is 2. The van der Waals surface area contributed by atoms with E-state index >= 15 is 0 Å². The Morgan fingerprint density at radius 2 is 1.00 bits per heavy atom. The Morgan fingerprint density at radius 3 is 1.00 bits per heavy atom. The summed E-state index contributed by atoms with van der Waals surface area (Å²) in [5.41, 5.74) is 0. The molecular weight excluding hydrogens is 225 g/mol. The minimum atomic E-state index is 0. The SMILES string of the molecule is O=[C-]O.O=[C-]O.[Ba+2]. The molecule has 0 atom stereocenters. The van der Waals surface area contributed by atoms with E-state index in [0.29, 0.717) is 12.9 Å². The van der Waals surface area contributed by atoms with Crippen molar-refractivity contribution in [2.75, 3.05) is 0 Å². The van der Waals surface area contributed by atoms with Gasteiger partial charge in [0.15, 0.2) is 0 Å². The molecule has 0 bridgehead atoms. The predicted octanol–water partition coefficient (Wildman–Crippen LogP) is -1.16. The van der Waals surface area contributed by atoms with E-state index < -0.39 is 0 Å². The first-order valence-corrected chi connectivity index (χ1v) is 0.855. The van der Waals surface area contributed by atoms with Crippen LogP contribution in [0.5, 0.6) is 0 Å². The van der Waals surface area contributed by atoms with Crippen molar-refractivity contribution in [2.45, 2.75) is 0 Å². The van der Waals surface area contributed by atoms with Gasteiger partial charge in [-0.25, -0.2) is 0 Å². The molecule has 0 heterocycles. The van der Waals surface area contributed by atoms with Crippen LogP contribution in [-0.4, -0.2) is 72.0 Å². The van der Waals surface area contributed by atoms with Gasteiger partial charge in [0.1, 0.15) is 0 Å². The molecule has 0 rings (SSSR count). The maximum atomic E-state index is 8.24. The van der Waals surface area contributed by atoms with Crippen molar-refractivity contribution in [3.05, 3.63) is 0 Å². The summed E-state index contributed by atoms with van der Waals surface area (Å²) >= 11 is 0. The molecule has 0 spiro atoms. The van der Waals surface area contributed by atoms with E-state index in [2.05, 4.69) is 0 Å². The molecule has 4 nitrogen and oxygen atoms in total. The molecule has 7 heavy (non-hydrogen) atoms. The molecule has 0 aliphatic rings. The smallest absolute Gasteiger partial charge is 0.665 e. The second-order valence-corrected chi connectivity index (χ2v) is 0.183. The van der Waals surface area contributed by atoms with Crippen LogP contribution in [0.15, 0.2) is 0 Å². The molecule has 36 valence electrons. The van der Waals surface area contributed by atoms with Crippen molar-refractivity contribution in [1.82, 2.24) is 0 Å². The normalized spacial score (nSPS) is 3.43. The van der Waals surface area contributed by atoms with Gasteiger partial charge >= 0.3 is 48.9 Å². The summed E-state index contributed by atoms with van der Waals surface area (Å²) in [7, 11) is 0. The van der Waals surface area contributed by atoms with Crippen LogP contribution >= 0.6 is 0 Å². The zero-order valence-corrected chi connectivity index (χ0v) is 7.86. The van der Waals surface area contributed by atoms with Crippen molar-refractivity contribution < 1.29 is 19.8 Å². The minimum absolute atomic E-state index is 0. The van der Waals surface area contributed by atoms with Crippen LogP contribution in [0.1, 0.15) is 0 Å².